The summed E-state index contributed by atoms with van der Waals surface area (Å²) in [5.74, 6) is 0.878. The second-order valence-electron chi connectivity index (χ2n) is 4.76. The molecule has 106 valence electrons. The van der Waals surface area contributed by atoms with Gasteiger partial charge in [0.15, 0.2) is 0 Å². The number of aromatic nitrogens is 2. The first-order chi connectivity index (χ1) is 10.1. The molecule has 0 N–H and O–H groups in total. The monoisotopic (exact) mass is 277 g/mol. The van der Waals surface area contributed by atoms with Crippen LogP contribution in [0.3, 0.4) is 0 Å². The van der Waals surface area contributed by atoms with Crippen LogP contribution in [-0.2, 0) is 0 Å². The van der Waals surface area contributed by atoms with Gasteiger partial charge in [0.05, 0.1) is 11.7 Å². The number of nitrogens with zero attached hydrogens (tertiary/aromatic N) is 3. The minimum Gasteiger partial charge on any atom is -0.303 e. The Morgan fingerprint density at radius 3 is 2.86 bits per heavy atom. The van der Waals surface area contributed by atoms with E-state index in [0.717, 1.165) is 27.9 Å². The second kappa shape index (κ2) is 6.66. The van der Waals surface area contributed by atoms with E-state index in [9.17, 15) is 0 Å². The molecule has 21 heavy (non-hydrogen) atoms. The van der Waals surface area contributed by atoms with Crippen LogP contribution in [-0.4, -0.2) is 15.4 Å². The van der Waals surface area contributed by atoms with Crippen LogP contribution in [0, 0.1) is 0 Å². The van der Waals surface area contributed by atoms with Gasteiger partial charge in [0.2, 0.25) is 0 Å². The maximum Gasteiger partial charge on any atom is 0.110 e. The molecule has 2 aromatic rings. The van der Waals surface area contributed by atoms with Crippen molar-refractivity contribution in [2.45, 2.75) is 13.8 Å². The largest absolute Gasteiger partial charge is 0.303 e. The van der Waals surface area contributed by atoms with Crippen LogP contribution in [0.1, 0.15) is 13.8 Å². The Morgan fingerprint density at radius 2 is 2.14 bits per heavy atom. The van der Waals surface area contributed by atoms with E-state index in [1.54, 1.807) is 12.3 Å². The topological polar surface area (TPSA) is 30.2 Å². The van der Waals surface area contributed by atoms with Gasteiger partial charge >= 0.3 is 0 Å². The smallest absolute Gasteiger partial charge is 0.110 e. The quantitative estimate of drug-likeness (QED) is 0.459. The average molecular weight is 277 g/mol. The van der Waals surface area contributed by atoms with Gasteiger partial charge in [-0.25, -0.2) is 4.99 Å². The fourth-order valence-corrected chi connectivity index (χ4v) is 1.95. The average Bonchev–Trinajstić information content (AvgIpc) is 2.90. The summed E-state index contributed by atoms with van der Waals surface area (Å²) in [7, 11) is 0. The van der Waals surface area contributed by atoms with Crippen molar-refractivity contribution >= 4 is 16.7 Å². The lowest BCUT2D eigenvalue weighted by atomic mass is 10.1. The Kier molecular flexibility index (Phi) is 4.67. The lowest BCUT2D eigenvalue weighted by Gasteiger charge is -2.04. The van der Waals surface area contributed by atoms with E-state index >= 15 is 0 Å². The molecule has 0 aliphatic heterocycles. The predicted octanol–water partition coefficient (Wildman–Crippen LogP) is 4.51. The number of pyridine rings is 1. The van der Waals surface area contributed by atoms with Crippen LogP contribution in [0.5, 0.6) is 0 Å². The molecule has 0 aromatic carbocycles. The first kappa shape index (κ1) is 14.7. The van der Waals surface area contributed by atoms with E-state index in [4.69, 9.17) is 0 Å². The highest BCUT2D eigenvalue weighted by molar-refractivity contribution is 5.93. The van der Waals surface area contributed by atoms with Crippen LogP contribution in [0.15, 0.2) is 84.4 Å². The van der Waals surface area contributed by atoms with Crippen LogP contribution >= 0.6 is 0 Å². The third kappa shape index (κ3) is 3.45. The molecular formula is C18H19N3. The van der Waals surface area contributed by atoms with E-state index in [2.05, 4.69) is 29.2 Å². The van der Waals surface area contributed by atoms with Gasteiger partial charge in [-0.05, 0) is 37.1 Å². The molecule has 0 radical (unpaired) electrons. The molecule has 3 heteroatoms. The highest BCUT2D eigenvalue weighted by atomic mass is 15.0. The molecule has 0 saturated heterocycles. The van der Waals surface area contributed by atoms with Crippen molar-refractivity contribution in [3.63, 3.8) is 0 Å². The van der Waals surface area contributed by atoms with Crippen LogP contribution in [0.2, 0.25) is 0 Å². The van der Waals surface area contributed by atoms with Crippen LogP contribution in [0.4, 0.5) is 0 Å². The van der Waals surface area contributed by atoms with Crippen LogP contribution in [0.25, 0.3) is 10.9 Å². The van der Waals surface area contributed by atoms with Gasteiger partial charge in [0.1, 0.15) is 5.84 Å². The molecule has 0 fully saturated rings. The Morgan fingerprint density at radius 1 is 1.33 bits per heavy atom. The maximum absolute atomic E-state index is 4.53. The Labute approximate surface area is 125 Å². The summed E-state index contributed by atoms with van der Waals surface area (Å²) in [6, 6.07) is 4.04. The Hall–Kier alpha value is -2.68. The predicted molar refractivity (Wildman–Crippen MR) is 90.5 cm³/mol. The number of hydrogen-bond donors (Lipinski definition) is 0. The summed E-state index contributed by atoms with van der Waals surface area (Å²) in [5.41, 5.74) is 2.98. The second-order valence-corrected chi connectivity index (χ2v) is 4.76. The summed E-state index contributed by atoms with van der Waals surface area (Å²) < 4.78 is 2.02. The standard InChI is InChI=1S/C18H19N3/c1-5-6-7-17(14(2)3)12-20-15(4)21-11-9-16-8-10-19-13-18(16)21/h5-13H,1-2H2,3-4H3/b7-6-,17-12-,20-15+. The maximum atomic E-state index is 4.53. The molecule has 0 spiro atoms. The number of hydrogen-bond acceptors (Lipinski definition) is 2. The molecule has 0 bridgehead atoms. The van der Waals surface area contributed by atoms with E-state index in [1.165, 1.54) is 0 Å². The summed E-state index contributed by atoms with van der Waals surface area (Å²) in [5, 5.41) is 1.15. The molecule has 0 aliphatic carbocycles. The van der Waals surface area contributed by atoms with Crippen molar-refractivity contribution < 1.29 is 0 Å². The minimum atomic E-state index is 0.878. The summed E-state index contributed by atoms with van der Waals surface area (Å²) in [6.45, 7) is 11.6. The van der Waals surface area contributed by atoms with Crippen LogP contribution < -0.4 is 0 Å². The number of rotatable bonds is 4. The van der Waals surface area contributed by atoms with Crippen molar-refractivity contribution in [2.75, 3.05) is 0 Å². The van der Waals surface area contributed by atoms with E-state index in [-0.39, 0.29) is 0 Å². The molecule has 2 aromatic heterocycles. The first-order valence-corrected chi connectivity index (χ1v) is 6.74. The third-order valence-corrected chi connectivity index (χ3v) is 3.14. The van der Waals surface area contributed by atoms with Gasteiger partial charge in [0, 0.05) is 24.0 Å². The molecule has 2 rings (SSSR count). The van der Waals surface area contributed by atoms with Crippen molar-refractivity contribution in [1.29, 1.82) is 0 Å². The zero-order valence-electron chi connectivity index (χ0n) is 12.5. The van der Waals surface area contributed by atoms with Gasteiger partial charge in [-0.15, -0.1) is 0 Å². The van der Waals surface area contributed by atoms with Crippen molar-refractivity contribution in [3.8, 4) is 0 Å². The van der Waals surface area contributed by atoms with E-state index < -0.39 is 0 Å². The highest BCUT2D eigenvalue weighted by Crippen LogP contribution is 2.14. The third-order valence-electron chi connectivity index (χ3n) is 3.14. The van der Waals surface area contributed by atoms with Crippen molar-refractivity contribution in [1.82, 2.24) is 9.55 Å². The summed E-state index contributed by atoms with van der Waals surface area (Å²) in [4.78, 5) is 8.70. The number of aliphatic imine (C=N–C) groups is 1. The fourth-order valence-electron chi connectivity index (χ4n) is 1.95. The van der Waals surface area contributed by atoms with Gasteiger partial charge in [-0.3, -0.25) is 4.98 Å². The van der Waals surface area contributed by atoms with Gasteiger partial charge in [-0.2, -0.15) is 0 Å². The normalized spacial score (nSPS) is 13.0. The molecule has 0 saturated carbocycles. The molecule has 0 aliphatic rings. The van der Waals surface area contributed by atoms with Crippen molar-refractivity contribution in [3.05, 3.63) is 79.5 Å². The fraction of sp³-hybridized carbons (Fsp3) is 0.111. The summed E-state index contributed by atoms with van der Waals surface area (Å²) in [6.07, 6.45) is 13.0. The molecule has 3 nitrogen and oxygen atoms in total. The van der Waals surface area contributed by atoms with Gasteiger partial charge in [0.25, 0.3) is 0 Å². The Bertz CT molecular complexity index is 758. The van der Waals surface area contributed by atoms with Gasteiger partial charge < -0.3 is 4.57 Å². The van der Waals surface area contributed by atoms with Gasteiger partial charge in [-0.1, -0.05) is 31.4 Å². The zero-order valence-corrected chi connectivity index (χ0v) is 12.5. The molecular weight excluding hydrogens is 258 g/mol. The van der Waals surface area contributed by atoms with E-state index in [1.807, 2.05) is 55.2 Å². The zero-order chi connectivity index (χ0) is 15.2. The molecule has 2 heterocycles. The number of allylic oxidation sites excluding steroid dienone is 5. The number of fused-ring (bicyclic) bond motifs is 1. The van der Waals surface area contributed by atoms with Crippen molar-refractivity contribution in [2.24, 2.45) is 4.99 Å². The minimum absolute atomic E-state index is 0.878. The highest BCUT2D eigenvalue weighted by Gasteiger charge is 2.02. The lowest BCUT2D eigenvalue weighted by molar-refractivity contribution is 1.17. The molecule has 0 atom stereocenters. The van der Waals surface area contributed by atoms with E-state index in [0.29, 0.717) is 0 Å². The molecule has 0 unspecified atom stereocenters. The summed E-state index contributed by atoms with van der Waals surface area (Å²) >= 11 is 0. The Balaban J connectivity index is 2.38. The molecule has 0 amide bonds. The first-order valence-electron chi connectivity index (χ1n) is 6.74. The SMILES string of the molecule is C=C\C=C/C(=C/N=C(\C)n1ccc2ccncc21)C(=C)C. The lowest BCUT2D eigenvalue weighted by Crippen LogP contribution is -2.05.